The van der Waals surface area contributed by atoms with Gasteiger partial charge in [0.2, 0.25) is 5.91 Å². The second kappa shape index (κ2) is 6.75. The molecule has 0 saturated heterocycles. The van der Waals surface area contributed by atoms with Crippen LogP contribution in [0, 0.1) is 0 Å². The van der Waals surface area contributed by atoms with E-state index in [9.17, 15) is 4.79 Å². The van der Waals surface area contributed by atoms with E-state index in [-0.39, 0.29) is 5.91 Å². The van der Waals surface area contributed by atoms with E-state index in [1.165, 1.54) is 12.3 Å². The predicted molar refractivity (Wildman–Crippen MR) is 83.4 cm³/mol. The van der Waals surface area contributed by atoms with Crippen molar-refractivity contribution in [1.29, 1.82) is 0 Å². The number of aromatic nitrogens is 1. The Bertz CT molecular complexity index is 654. The van der Waals surface area contributed by atoms with Crippen molar-refractivity contribution in [3.05, 3.63) is 63.2 Å². The van der Waals surface area contributed by atoms with Crippen LogP contribution in [-0.4, -0.2) is 10.9 Å². The SMILES string of the molecule is O=C(/C=C/c1ccc(Cl)cc1Cl)Nc1ccc(Cl)cn1. The molecule has 1 heterocycles. The summed E-state index contributed by atoms with van der Waals surface area (Å²) >= 11 is 17.5. The van der Waals surface area contributed by atoms with E-state index >= 15 is 0 Å². The van der Waals surface area contributed by atoms with Gasteiger partial charge in [0, 0.05) is 22.3 Å². The van der Waals surface area contributed by atoms with Gasteiger partial charge in [-0.3, -0.25) is 4.79 Å². The molecule has 20 heavy (non-hydrogen) atoms. The van der Waals surface area contributed by atoms with Gasteiger partial charge in [-0.15, -0.1) is 0 Å². The highest BCUT2D eigenvalue weighted by atomic mass is 35.5. The van der Waals surface area contributed by atoms with Crippen molar-refractivity contribution in [2.24, 2.45) is 0 Å². The summed E-state index contributed by atoms with van der Waals surface area (Å²) in [5.41, 5.74) is 0.704. The second-order valence-corrected chi connectivity index (χ2v) is 5.13. The molecule has 0 atom stereocenters. The fraction of sp³-hybridized carbons (Fsp3) is 0. The molecule has 0 spiro atoms. The van der Waals surface area contributed by atoms with E-state index in [1.54, 1.807) is 36.4 Å². The number of carbonyl (C=O) groups is 1. The third-order valence-electron chi connectivity index (χ3n) is 2.36. The van der Waals surface area contributed by atoms with Crippen LogP contribution >= 0.6 is 34.8 Å². The molecular formula is C14H9Cl3N2O. The molecule has 2 rings (SSSR count). The number of hydrogen-bond acceptors (Lipinski definition) is 2. The first-order chi connectivity index (χ1) is 9.54. The van der Waals surface area contributed by atoms with Crippen LogP contribution in [0.4, 0.5) is 5.82 Å². The third-order valence-corrected chi connectivity index (χ3v) is 3.14. The zero-order chi connectivity index (χ0) is 14.5. The molecule has 1 amide bonds. The Morgan fingerprint density at radius 2 is 1.85 bits per heavy atom. The van der Waals surface area contributed by atoms with Crippen LogP contribution in [0.2, 0.25) is 15.1 Å². The summed E-state index contributed by atoms with van der Waals surface area (Å²) in [6.45, 7) is 0. The molecule has 1 N–H and O–H groups in total. The Morgan fingerprint density at radius 1 is 1.10 bits per heavy atom. The molecule has 0 saturated carbocycles. The Hall–Kier alpha value is -1.55. The topological polar surface area (TPSA) is 42.0 Å². The van der Waals surface area contributed by atoms with Gasteiger partial charge in [0.05, 0.1) is 5.02 Å². The first kappa shape index (κ1) is 14.9. The van der Waals surface area contributed by atoms with Crippen molar-refractivity contribution in [2.75, 3.05) is 5.32 Å². The second-order valence-electron chi connectivity index (χ2n) is 3.85. The van der Waals surface area contributed by atoms with Gasteiger partial charge >= 0.3 is 0 Å². The van der Waals surface area contributed by atoms with Gasteiger partial charge in [-0.25, -0.2) is 4.98 Å². The van der Waals surface area contributed by atoms with Crippen molar-refractivity contribution >= 4 is 52.6 Å². The van der Waals surface area contributed by atoms with E-state index in [0.717, 1.165) is 0 Å². The van der Waals surface area contributed by atoms with E-state index in [2.05, 4.69) is 10.3 Å². The molecular weight excluding hydrogens is 319 g/mol. The average Bonchev–Trinajstić information content (AvgIpc) is 2.40. The zero-order valence-electron chi connectivity index (χ0n) is 10.1. The predicted octanol–water partition coefficient (Wildman–Crippen LogP) is 4.69. The van der Waals surface area contributed by atoms with Gasteiger partial charge in [0.1, 0.15) is 5.82 Å². The fourth-order valence-corrected chi connectivity index (χ4v) is 2.00. The Kier molecular flexibility index (Phi) is 5.01. The number of amides is 1. The number of pyridine rings is 1. The molecule has 0 unspecified atom stereocenters. The van der Waals surface area contributed by atoms with Gasteiger partial charge < -0.3 is 5.32 Å². The molecule has 6 heteroatoms. The lowest BCUT2D eigenvalue weighted by atomic mass is 10.2. The molecule has 0 aliphatic carbocycles. The van der Waals surface area contributed by atoms with Crippen LogP contribution < -0.4 is 5.32 Å². The molecule has 0 radical (unpaired) electrons. The number of anilines is 1. The molecule has 0 fully saturated rings. The van der Waals surface area contributed by atoms with E-state index < -0.39 is 0 Å². The van der Waals surface area contributed by atoms with Crippen molar-refractivity contribution in [1.82, 2.24) is 4.98 Å². The van der Waals surface area contributed by atoms with E-state index in [0.29, 0.717) is 26.4 Å². The summed E-state index contributed by atoms with van der Waals surface area (Å²) in [6, 6.07) is 8.30. The molecule has 3 nitrogen and oxygen atoms in total. The summed E-state index contributed by atoms with van der Waals surface area (Å²) in [5, 5.41) is 4.13. The smallest absolute Gasteiger partial charge is 0.249 e. The number of rotatable bonds is 3. The standard InChI is InChI=1S/C14H9Cl3N2O/c15-10-3-1-9(12(17)7-10)2-6-14(20)19-13-5-4-11(16)8-18-13/h1-8H,(H,18,19,20)/b6-2+. The number of benzene rings is 1. The lowest BCUT2D eigenvalue weighted by Gasteiger charge is -2.01. The van der Waals surface area contributed by atoms with Crippen molar-refractivity contribution < 1.29 is 4.79 Å². The lowest BCUT2D eigenvalue weighted by molar-refractivity contribution is -0.111. The molecule has 1 aromatic heterocycles. The van der Waals surface area contributed by atoms with Crippen LogP contribution in [0.5, 0.6) is 0 Å². The van der Waals surface area contributed by atoms with E-state index in [1.807, 2.05) is 0 Å². The van der Waals surface area contributed by atoms with E-state index in [4.69, 9.17) is 34.8 Å². The van der Waals surface area contributed by atoms with Gasteiger partial charge in [-0.1, -0.05) is 40.9 Å². The minimum absolute atomic E-state index is 0.314. The minimum Gasteiger partial charge on any atom is -0.307 e. The van der Waals surface area contributed by atoms with Crippen LogP contribution in [-0.2, 0) is 4.79 Å². The monoisotopic (exact) mass is 326 g/mol. The Morgan fingerprint density at radius 3 is 2.50 bits per heavy atom. The summed E-state index contributed by atoms with van der Waals surface area (Å²) in [6.07, 6.45) is 4.42. The Labute approximate surface area is 131 Å². The highest BCUT2D eigenvalue weighted by Crippen LogP contribution is 2.22. The molecule has 2 aromatic rings. The molecule has 1 aromatic carbocycles. The highest BCUT2D eigenvalue weighted by Gasteiger charge is 2.01. The first-order valence-corrected chi connectivity index (χ1v) is 6.73. The number of carbonyl (C=O) groups excluding carboxylic acids is 1. The summed E-state index contributed by atoms with van der Waals surface area (Å²) in [5.74, 6) is 0.108. The largest absolute Gasteiger partial charge is 0.307 e. The maximum atomic E-state index is 11.7. The highest BCUT2D eigenvalue weighted by molar-refractivity contribution is 6.35. The van der Waals surface area contributed by atoms with Crippen molar-refractivity contribution in [3.8, 4) is 0 Å². The Balaban J connectivity index is 2.03. The van der Waals surface area contributed by atoms with Gasteiger partial charge in [0.25, 0.3) is 0 Å². The normalized spacial score (nSPS) is 10.8. The van der Waals surface area contributed by atoms with Crippen LogP contribution in [0.25, 0.3) is 6.08 Å². The average molecular weight is 328 g/mol. The van der Waals surface area contributed by atoms with Gasteiger partial charge in [-0.2, -0.15) is 0 Å². The summed E-state index contributed by atoms with van der Waals surface area (Å²) < 4.78 is 0. The molecule has 0 aliphatic rings. The van der Waals surface area contributed by atoms with Gasteiger partial charge in [0.15, 0.2) is 0 Å². The first-order valence-electron chi connectivity index (χ1n) is 5.60. The lowest BCUT2D eigenvalue weighted by Crippen LogP contribution is -2.08. The zero-order valence-corrected chi connectivity index (χ0v) is 12.4. The number of halogens is 3. The molecule has 0 bridgehead atoms. The summed E-state index contributed by atoms with van der Waals surface area (Å²) in [4.78, 5) is 15.7. The molecule has 0 aliphatic heterocycles. The summed E-state index contributed by atoms with van der Waals surface area (Å²) in [7, 11) is 0. The van der Waals surface area contributed by atoms with Crippen molar-refractivity contribution in [2.45, 2.75) is 0 Å². The number of hydrogen-bond donors (Lipinski definition) is 1. The van der Waals surface area contributed by atoms with Crippen LogP contribution in [0.15, 0.2) is 42.6 Å². The van der Waals surface area contributed by atoms with Gasteiger partial charge in [-0.05, 0) is 35.9 Å². The van der Waals surface area contributed by atoms with Crippen LogP contribution in [0.3, 0.4) is 0 Å². The minimum atomic E-state index is -0.314. The molecule has 102 valence electrons. The van der Waals surface area contributed by atoms with Crippen LogP contribution in [0.1, 0.15) is 5.56 Å². The maximum absolute atomic E-state index is 11.7. The fourth-order valence-electron chi connectivity index (χ4n) is 1.42. The number of nitrogens with zero attached hydrogens (tertiary/aromatic N) is 1. The third kappa shape index (κ3) is 4.23. The van der Waals surface area contributed by atoms with Crippen molar-refractivity contribution in [3.63, 3.8) is 0 Å². The number of nitrogens with one attached hydrogen (secondary N) is 1. The maximum Gasteiger partial charge on any atom is 0.249 e. The quantitative estimate of drug-likeness (QED) is 0.831.